The molecule has 0 saturated heterocycles. The average molecular weight is 285 g/mol. The first-order chi connectivity index (χ1) is 10.2. The largest absolute Gasteiger partial charge is 0.361 e. The van der Waals surface area contributed by atoms with Gasteiger partial charge in [-0.2, -0.15) is 0 Å². The summed E-state index contributed by atoms with van der Waals surface area (Å²) in [5.41, 5.74) is 0.835. The summed E-state index contributed by atoms with van der Waals surface area (Å²) in [7, 11) is 0. The summed E-state index contributed by atoms with van der Waals surface area (Å²) in [5.74, 6) is 0.357. The molecule has 0 radical (unpaired) electrons. The minimum absolute atomic E-state index is 0.171. The summed E-state index contributed by atoms with van der Waals surface area (Å²) >= 11 is 0. The van der Waals surface area contributed by atoms with Gasteiger partial charge in [-0.3, -0.25) is 10.1 Å². The second-order valence-electron chi connectivity index (χ2n) is 4.19. The Morgan fingerprint density at radius 1 is 1.19 bits per heavy atom. The molecule has 108 valence electrons. The van der Waals surface area contributed by atoms with Crippen LogP contribution in [0, 0.1) is 10.1 Å². The lowest BCUT2D eigenvalue weighted by molar-refractivity contribution is -0.383. The molecule has 0 unspecified atom stereocenters. The van der Waals surface area contributed by atoms with Crippen molar-refractivity contribution in [2.24, 2.45) is 0 Å². The van der Waals surface area contributed by atoms with E-state index in [1.54, 1.807) is 6.08 Å². The fraction of sp³-hybridized carbons (Fsp3) is 0.143. The quantitative estimate of drug-likeness (QED) is 0.461. The number of hydrogen-bond acceptors (Lipinski definition) is 6. The fourth-order valence-corrected chi connectivity index (χ4v) is 1.76. The number of benzene rings is 1. The van der Waals surface area contributed by atoms with Crippen molar-refractivity contribution in [3.8, 4) is 0 Å². The predicted molar refractivity (Wildman–Crippen MR) is 81.1 cm³/mol. The van der Waals surface area contributed by atoms with Gasteiger partial charge in [0.05, 0.1) is 4.92 Å². The van der Waals surface area contributed by atoms with E-state index in [1.165, 1.54) is 6.33 Å². The Morgan fingerprint density at radius 2 is 1.86 bits per heavy atom. The molecule has 0 atom stereocenters. The van der Waals surface area contributed by atoms with Crippen molar-refractivity contribution >= 4 is 17.3 Å². The molecule has 7 nitrogen and oxygen atoms in total. The molecule has 7 heteroatoms. The molecule has 0 fully saturated rings. The summed E-state index contributed by atoms with van der Waals surface area (Å²) in [5, 5.41) is 17.0. The summed E-state index contributed by atoms with van der Waals surface area (Å²) in [4.78, 5) is 18.6. The van der Waals surface area contributed by atoms with Gasteiger partial charge in [0, 0.05) is 13.1 Å². The van der Waals surface area contributed by atoms with E-state index in [0.717, 1.165) is 5.56 Å². The summed E-state index contributed by atoms with van der Waals surface area (Å²) < 4.78 is 0. The smallest absolute Gasteiger partial charge is 0.353 e. The highest BCUT2D eigenvalue weighted by Gasteiger charge is 2.22. The lowest BCUT2D eigenvalue weighted by Crippen LogP contribution is -2.09. The predicted octanol–water partition coefficient (Wildman–Crippen LogP) is 2.59. The van der Waals surface area contributed by atoms with Gasteiger partial charge in [-0.25, -0.2) is 9.97 Å². The van der Waals surface area contributed by atoms with E-state index in [2.05, 4.69) is 27.2 Å². The van der Waals surface area contributed by atoms with Crippen molar-refractivity contribution in [2.45, 2.75) is 6.54 Å². The third kappa shape index (κ3) is 3.75. The molecule has 21 heavy (non-hydrogen) atoms. The zero-order valence-corrected chi connectivity index (χ0v) is 11.3. The van der Waals surface area contributed by atoms with Crippen molar-refractivity contribution in [3.63, 3.8) is 0 Å². The molecule has 2 N–H and O–H groups in total. The van der Waals surface area contributed by atoms with E-state index in [1.807, 2.05) is 30.3 Å². The van der Waals surface area contributed by atoms with Gasteiger partial charge in [0.2, 0.25) is 11.6 Å². The third-order valence-electron chi connectivity index (χ3n) is 2.72. The number of nitro groups is 1. The van der Waals surface area contributed by atoms with E-state index in [9.17, 15) is 10.1 Å². The summed E-state index contributed by atoms with van der Waals surface area (Å²) in [6.07, 6.45) is 2.88. The van der Waals surface area contributed by atoms with Gasteiger partial charge < -0.3 is 10.6 Å². The maximum Gasteiger partial charge on any atom is 0.353 e. The fourth-order valence-electron chi connectivity index (χ4n) is 1.76. The van der Waals surface area contributed by atoms with Crippen molar-refractivity contribution in [2.75, 3.05) is 17.2 Å². The molecule has 1 aromatic carbocycles. The van der Waals surface area contributed by atoms with E-state index >= 15 is 0 Å². The highest BCUT2D eigenvalue weighted by molar-refractivity contribution is 5.69. The Balaban J connectivity index is 2.21. The minimum atomic E-state index is -0.501. The Morgan fingerprint density at radius 3 is 2.48 bits per heavy atom. The van der Waals surface area contributed by atoms with E-state index < -0.39 is 4.92 Å². The normalized spacial score (nSPS) is 9.90. The van der Waals surface area contributed by atoms with Crippen LogP contribution in [0.15, 0.2) is 49.3 Å². The van der Waals surface area contributed by atoms with Crippen molar-refractivity contribution < 1.29 is 4.92 Å². The van der Waals surface area contributed by atoms with Crippen molar-refractivity contribution in [1.82, 2.24) is 9.97 Å². The maximum absolute atomic E-state index is 11.2. The van der Waals surface area contributed by atoms with Crippen molar-refractivity contribution in [3.05, 3.63) is 65.0 Å². The first kappa shape index (κ1) is 14.4. The zero-order valence-electron chi connectivity index (χ0n) is 11.3. The number of nitrogens with one attached hydrogen (secondary N) is 2. The molecule has 0 aliphatic carbocycles. The summed E-state index contributed by atoms with van der Waals surface area (Å²) in [6, 6.07) is 9.58. The molecule has 0 amide bonds. The van der Waals surface area contributed by atoms with Gasteiger partial charge >= 0.3 is 5.69 Å². The molecular formula is C14H15N5O2. The standard InChI is InChI=1S/C14H15N5O2/c1-2-8-15-13-12(19(20)21)14(18-10-17-13)16-9-11-6-4-3-5-7-11/h2-7,10H,1,8-9H2,(H2,15,16,17,18). The van der Waals surface area contributed by atoms with Crippen LogP contribution in [-0.2, 0) is 6.54 Å². The Kier molecular flexibility index (Phi) is 4.81. The van der Waals surface area contributed by atoms with Crippen LogP contribution in [0.2, 0.25) is 0 Å². The second kappa shape index (κ2) is 6.99. The molecule has 0 aliphatic heterocycles. The van der Waals surface area contributed by atoms with Gasteiger partial charge in [0.1, 0.15) is 6.33 Å². The van der Waals surface area contributed by atoms with Gasteiger partial charge in [0.15, 0.2) is 0 Å². The Labute approximate surface area is 121 Å². The highest BCUT2D eigenvalue weighted by Crippen LogP contribution is 2.28. The lowest BCUT2D eigenvalue weighted by Gasteiger charge is -2.09. The van der Waals surface area contributed by atoms with E-state index in [0.29, 0.717) is 13.1 Å². The van der Waals surface area contributed by atoms with Gasteiger partial charge in [-0.1, -0.05) is 36.4 Å². The van der Waals surface area contributed by atoms with Crippen LogP contribution >= 0.6 is 0 Å². The first-order valence-electron chi connectivity index (χ1n) is 6.34. The van der Waals surface area contributed by atoms with Crippen LogP contribution in [0.5, 0.6) is 0 Å². The second-order valence-corrected chi connectivity index (χ2v) is 4.19. The molecule has 0 saturated carbocycles. The van der Waals surface area contributed by atoms with Crippen LogP contribution in [0.25, 0.3) is 0 Å². The van der Waals surface area contributed by atoms with Crippen LogP contribution in [-0.4, -0.2) is 21.4 Å². The molecule has 2 aromatic rings. The van der Waals surface area contributed by atoms with Crippen LogP contribution in [0.4, 0.5) is 17.3 Å². The van der Waals surface area contributed by atoms with Crippen LogP contribution in [0.1, 0.15) is 5.56 Å². The number of aromatic nitrogens is 2. The molecule has 2 rings (SSSR count). The Bertz CT molecular complexity index is 631. The maximum atomic E-state index is 11.2. The minimum Gasteiger partial charge on any atom is -0.361 e. The number of hydrogen-bond donors (Lipinski definition) is 2. The SMILES string of the molecule is C=CCNc1ncnc(NCc2ccccc2)c1[N+](=O)[O-]. The third-order valence-corrected chi connectivity index (χ3v) is 2.72. The molecular weight excluding hydrogens is 270 g/mol. The molecule has 1 heterocycles. The summed E-state index contributed by atoms with van der Waals surface area (Å²) in [6.45, 7) is 4.39. The van der Waals surface area contributed by atoms with E-state index in [-0.39, 0.29) is 17.3 Å². The highest BCUT2D eigenvalue weighted by atomic mass is 16.6. The molecule has 0 spiro atoms. The Hall–Kier alpha value is -2.96. The number of rotatable bonds is 7. The van der Waals surface area contributed by atoms with Gasteiger partial charge in [-0.15, -0.1) is 6.58 Å². The monoisotopic (exact) mass is 285 g/mol. The molecule has 0 bridgehead atoms. The van der Waals surface area contributed by atoms with Crippen LogP contribution in [0.3, 0.4) is 0 Å². The zero-order chi connectivity index (χ0) is 15.1. The lowest BCUT2D eigenvalue weighted by atomic mass is 10.2. The van der Waals surface area contributed by atoms with Crippen molar-refractivity contribution in [1.29, 1.82) is 0 Å². The van der Waals surface area contributed by atoms with E-state index in [4.69, 9.17) is 0 Å². The average Bonchev–Trinajstić information content (AvgIpc) is 2.51. The van der Waals surface area contributed by atoms with Gasteiger partial charge in [-0.05, 0) is 5.56 Å². The topological polar surface area (TPSA) is 93.0 Å². The molecule has 1 aromatic heterocycles. The number of anilines is 2. The number of nitrogens with zero attached hydrogens (tertiary/aromatic N) is 3. The van der Waals surface area contributed by atoms with Crippen LogP contribution < -0.4 is 10.6 Å². The first-order valence-corrected chi connectivity index (χ1v) is 6.34. The molecule has 0 aliphatic rings. The van der Waals surface area contributed by atoms with Gasteiger partial charge in [0.25, 0.3) is 0 Å².